The van der Waals surface area contributed by atoms with E-state index in [1.807, 2.05) is 36.4 Å². The van der Waals surface area contributed by atoms with E-state index in [1.165, 1.54) is 38.0 Å². The van der Waals surface area contributed by atoms with Crippen molar-refractivity contribution in [2.75, 3.05) is 19.6 Å². The summed E-state index contributed by atoms with van der Waals surface area (Å²) in [7, 11) is 0. The summed E-state index contributed by atoms with van der Waals surface area (Å²) in [6.07, 6.45) is 2.66. The number of ether oxygens (including phenoxy) is 1. The molecule has 3 saturated heterocycles. The summed E-state index contributed by atoms with van der Waals surface area (Å²) >= 11 is 9.55. The molecule has 1 unspecified atom stereocenters. The van der Waals surface area contributed by atoms with Crippen LogP contribution in [0.5, 0.6) is 5.75 Å². The van der Waals surface area contributed by atoms with Gasteiger partial charge in [-0.2, -0.15) is 0 Å². The van der Waals surface area contributed by atoms with Gasteiger partial charge in [0.25, 0.3) is 0 Å². The van der Waals surface area contributed by atoms with E-state index >= 15 is 0 Å². The molecule has 154 valence electrons. The highest BCUT2D eigenvalue weighted by Crippen LogP contribution is 2.29. The van der Waals surface area contributed by atoms with Gasteiger partial charge in [-0.1, -0.05) is 39.7 Å². The van der Waals surface area contributed by atoms with Crippen LogP contribution in [0.15, 0.2) is 46.9 Å². The van der Waals surface area contributed by atoms with E-state index in [9.17, 15) is 0 Å². The largest absolute Gasteiger partial charge is 0.489 e. The number of halogens is 4. The third kappa shape index (κ3) is 6.01. The molecule has 7 heteroatoms. The van der Waals surface area contributed by atoms with E-state index in [4.69, 9.17) is 16.3 Å². The van der Waals surface area contributed by atoms with Crippen molar-refractivity contribution in [1.82, 2.24) is 10.2 Å². The van der Waals surface area contributed by atoms with Crippen molar-refractivity contribution in [1.29, 1.82) is 0 Å². The third-order valence-corrected chi connectivity index (χ3v) is 6.29. The van der Waals surface area contributed by atoms with Crippen LogP contribution in [0.1, 0.15) is 24.0 Å². The topological polar surface area (TPSA) is 24.5 Å². The lowest BCUT2D eigenvalue weighted by Crippen LogP contribution is -2.55. The highest BCUT2D eigenvalue weighted by Gasteiger charge is 2.33. The average molecular weight is 509 g/mol. The van der Waals surface area contributed by atoms with Gasteiger partial charge in [-0.25, -0.2) is 0 Å². The van der Waals surface area contributed by atoms with Crippen LogP contribution in [-0.4, -0.2) is 30.6 Å². The van der Waals surface area contributed by atoms with Gasteiger partial charge in [0.15, 0.2) is 0 Å². The van der Waals surface area contributed by atoms with Crippen LogP contribution in [0.2, 0.25) is 5.02 Å². The number of hydrogen-bond acceptors (Lipinski definition) is 3. The molecule has 0 radical (unpaired) electrons. The number of nitrogens with one attached hydrogen (secondary N) is 1. The molecular formula is C21H26BrCl3N2O. The molecule has 3 fully saturated rings. The molecule has 2 aromatic carbocycles. The molecule has 1 N–H and O–H groups in total. The smallest absolute Gasteiger partial charge is 0.124 e. The molecule has 3 aliphatic heterocycles. The predicted molar refractivity (Wildman–Crippen MR) is 124 cm³/mol. The van der Waals surface area contributed by atoms with Gasteiger partial charge in [0, 0.05) is 34.2 Å². The lowest BCUT2D eigenvalue weighted by molar-refractivity contribution is 0.0718. The first-order valence-corrected chi connectivity index (χ1v) is 10.5. The Balaban J connectivity index is 0.00000140. The van der Waals surface area contributed by atoms with E-state index in [1.54, 1.807) is 0 Å². The summed E-state index contributed by atoms with van der Waals surface area (Å²) in [6, 6.07) is 14.7. The van der Waals surface area contributed by atoms with Crippen LogP contribution < -0.4 is 10.1 Å². The highest BCUT2D eigenvalue weighted by atomic mass is 79.9. The van der Waals surface area contributed by atoms with E-state index in [0.717, 1.165) is 33.3 Å². The molecule has 0 aromatic heterocycles. The summed E-state index contributed by atoms with van der Waals surface area (Å²) in [5.41, 5.74) is 2.32. The van der Waals surface area contributed by atoms with Gasteiger partial charge in [-0.3, -0.25) is 0 Å². The minimum atomic E-state index is 0. The zero-order chi connectivity index (χ0) is 17.9. The minimum absolute atomic E-state index is 0. The highest BCUT2D eigenvalue weighted by molar-refractivity contribution is 9.10. The molecule has 3 aliphatic rings. The molecule has 5 rings (SSSR count). The fraction of sp³-hybridized carbons (Fsp3) is 0.429. The van der Waals surface area contributed by atoms with Crippen LogP contribution in [0.25, 0.3) is 0 Å². The van der Waals surface area contributed by atoms with Crippen molar-refractivity contribution in [3.63, 3.8) is 0 Å². The minimum Gasteiger partial charge on any atom is -0.489 e. The predicted octanol–water partition coefficient (Wildman–Crippen LogP) is 5.71. The van der Waals surface area contributed by atoms with Crippen LogP contribution in [-0.2, 0) is 13.2 Å². The zero-order valence-corrected chi connectivity index (χ0v) is 19.5. The average Bonchev–Trinajstić information content (AvgIpc) is 2.68. The molecule has 2 aromatic rings. The Morgan fingerprint density at radius 1 is 1.07 bits per heavy atom. The van der Waals surface area contributed by atoms with E-state index in [-0.39, 0.29) is 24.8 Å². The lowest BCUT2D eigenvalue weighted by Gasteiger charge is -2.45. The molecule has 1 atom stereocenters. The Morgan fingerprint density at radius 3 is 2.43 bits per heavy atom. The second kappa shape index (κ2) is 11.1. The molecule has 0 saturated carbocycles. The van der Waals surface area contributed by atoms with E-state index < -0.39 is 0 Å². The van der Waals surface area contributed by atoms with Gasteiger partial charge < -0.3 is 15.0 Å². The summed E-state index contributed by atoms with van der Waals surface area (Å²) in [6.45, 7) is 5.11. The Kier molecular flexibility index (Phi) is 9.39. The normalized spacial score (nSPS) is 22.9. The zero-order valence-electron chi connectivity index (χ0n) is 15.6. The molecule has 0 spiro atoms. The first-order chi connectivity index (χ1) is 12.7. The standard InChI is InChI=1S/C21H24BrClN2O.2ClH/c22-18-3-6-21(26-14-15-1-4-19(23)5-2-15)17(11-18)12-24-20-13-25-9-7-16(20)8-10-25;;/h1-6,11,16,20,24H,7-10,12-14H2;2*1H. The third-order valence-electron chi connectivity index (χ3n) is 5.54. The van der Waals surface area contributed by atoms with Crippen LogP contribution >= 0.6 is 52.3 Å². The maximum atomic E-state index is 6.11. The van der Waals surface area contributed by atoms with Gasteiger partial charge in [0.05, 0.1) is 0 Å². The molecule has 28 heavy (non-hydrogen) atoms. The molecular weight excluding hydrogens is 483 g/mol. The van der Waals surface area contributed by atoms with Gasteiger partial charge >= 0.3 is 0 Å². The summed E-state index contributed by atoms with van der Waals surface area (Å²) in [4.78, 5) is 2.58. The first kappa shape index (κ1) is 23.8. The summed E-state index contributed by atoms with van der Waals surface area (Å²) in [5.74, 6) is 1.77. The van der Waals surface area contributed by atoms with Crippen molar-refractivity contribution < 1.29 is 4.74 Å². The second-order valence-electron chi connectivity index (χ2n) is 7.29. The Hall–Kier alpha value is -0.490. The Bertz CT molecular complexity index is 752. The molecule has 3 heterocycles. The van der Waals surface area contributed by atoms with Crippen molar-refractivity contribution in [3.05, 3.63) is 63.1 Å². The van der Waals surface area contributed by atoms with Gasteiger partial charge in [0.1, 0.15) is 12.4 Å². The van der Waals surface area contributed by atoms with Gasteiger partial charge in [-0.15, -0.1) is 24.8 Å². The van der Waals surface area contributed by atoms with E-state index in [0.29, 0.717) is 12.6 Å². The number of benzene rings is 2. The van der Waals surface area contributed by atoms with Gasteiger partial charge in [0.2, 0.25) is 0 Å². The van der Waals surface area contributed by atoms with Crippen LogP contribution in [0, 0.1) is 5.92 Å². The fourth-order valence-electron chi connectivity index (χ4n) is 4.01. The fourth-order valence-corrected chi connectivity index (χ4v) is 4.54. The Morgan fingerprint density at radius 2 is 1.79 bits per heavy atom. The molecule has 0 amide bonds. The van der Waals surface area contributed by atoms with E-state index in [2.05, 4.69) is 32.2 Å². The maximum Gasteiger partial charge on any atom is 0.124 e. The summed E-state index contributed by atoms with van der Waals surface area (Å²) in [5, 5.41) is 4.53. The summed E-state index contributed by atoms with van der Waals surface area (Å²) < 4.78 is 7.19. The molecule has 3 nitrogen and oxygen atoms in total. The van der Waals surface area contributed by atoms with Crippen LogP contribution in [0.4, 0.5) is 0 Å². The van der Waals surface area contributed by atoms with Crippen molar-refractivity contribution in [3.8, 4) is 5.75 Å². The lowest BCUT2D eigenvalue weighted by atomic mass is 9.84. The van der Waals surface area contributed by atoms with Crippen molar-refractivity contribution in [2.24, 2.45) is 5.92 Å². The number of nitrogens with zero attached hydrogens (tertiary/aromatic N) is 1. The molecule has 2 bridgehead atoms. The van der Waals surface area contributed by atoms with Gasteiger partial charge in [-0.05, 0) is 67.7 Å². The van der Waals surface area contributed by atoms with Crippen LogP contribution in [0.3, 0.4) is 0 Å². The van der Waals surface area contributed by atoms with Crippen molar-refractivity contribution in [2.45, 2.75) is 32.0 Å². The number of hydrogen-bond donors (Lipinski definition) is 1. The number of rotatable bonds is 6. The monoisotopic (exact) mass is 506 g/mol. The first-order valence-electron chi connectivity index (χ1n) is 9.29. The quantitative estimate of drug-likeness (QED) is 0.541. The van der Waals surface area contributed by atoms with Crippen molar-refractivity contribution >= 4 is 52.3 Å². The Labute approximate surface area is 193 Å². The number of fused-ring (bicyclic) bond motifs is 3. The second-order valence-corrected chi connectivity index (χ2v) is 8.64. The molecule has 0 aliphatic carbocycles. The number of piperidine rings is 3. The maximum absolute atomic E-state index is 6.11. The SMILES string of the molecule is Cl.Cl.Clc1ccc(COc2ccc(Br)cc2CNC2CN3CCC2CC3)cc1.